The minimum absolute atomic E-state index is 0.114. The maximum atomic E-state index is 14.8. The van der Waals surface area contributed by atoms with Crippen molar-refractivity contribution in [3.63, 3.8) is 0 Å². The van der Waals surface area contributed by atoms with E-state index in [1.54, 1.807) is 6.07 Å². The molecule has 1 unspecified atom stereocenters. The molecule has 1 aromatic carbocycles. The SMILES string of the molecule is C=CC1CCC(C2CCC(C3CC=C(c4ccc(OCC)c(Cl)c4F)CC3)CC2)CC1. The highest BCUT2D eigenvalue weighted by Gasteiger charge is 2.33. The summed E-state index contributed by atoms with van der Waals surface area (Å²) in [5, 5.41) is 0.114. The van der Waals surface area contributed by atoms with E-state index in [9.17, 15) is 4.39 Å². The van der Waals surface area contributed by atoms with Crippen LogP contribution in [0.2, 0.25) is 5.02 Å². The van der Waals surface area contributed by atoms with Gasteiger partial charge < -0.3 is 4.74 Å². The van der Waals surface area contributed by atoms with Crippen molar-refractivity contribution in [2.24, 2.45) is 29.6 Å². The molecule has 1 nitrogen and oxygen atoms in total. The number of benzene rings is 1. The van der Waals surface area contributed by atoms with Gasteiger partial charge in [0.2, 0.25) is 0 Å². The van der Waals surface area contributed by atoms with Crippen molar-refractivity contribution in [2.45, 2.75) is 77.6 Å². The third kappa shape index (κ3) is 5.21. The van der Waals surface area contributed by atoms with E-state index in [1.807, 2.05) is 13.0 Å². The van der Waals surface area contributed by atoms with Crippen molar-refractivity contribution in [1.82, 2.24) is 0 Å². The molecule has 170 valence electrons. The van der Waals surface area contributed by atoms with Crippen LogP contribution in [0.3, 0.4) is 0 Å². The quantitative estimate of drug-likeness (QED) is 0.398. The topological polar surface area (TPSA) is 9.23 Å². The summed E-state index contributed by atoms with van der Waals surface area (Å²) < 4.78 is 20.3. The maximum absolute atomic E-state index is 14.8. The van der Waals surface area contributed by atoms with Gasteiger partial charge in [-0.15, -0.1) is 6.58 Å². The molecule has 0 N–H and O–H groups in total. The number of allylic oxidation sites excluding steroid dienone is 3. The van der Waals surface area contributed by atoms with Gasteiger partial charge in [0.25, 0.3) is 0 Å². The van der Waals surface area contributed by atoms with Gasteiger partial charge in [0.15, 0.2) is 5.82 Å². The van der Waals surface area contributed by atoms with Crippen LogP contribution in [0.25, 0.3) is 5.57 Å². The summed E-state index contributed by atoms with van der Waals surface area (Å²) in [5.74, 6) is 4.42. The second kappa shape index (κ2) is 10.6. The van der Waals surface area contributed by atoms with Crippen molar-refractivity contribution in [2.75, 3.05) is 6.61 Å². The molecule has 31 heavy (non-hydrogen) atoms. The first-order chi connectivity index (χ1) is 15.1. The van der Waals surface area contributed by atoms with Crippen molar-refractivity contribution in [1.29, 1.82) is 0 Å². The smallest absolute Gasteiger partial charge is 0.153 e. The summed E-state index contributed by atoms with van der Waals surface area (Å²) in [6, 6.07) is 3.64. The molecular weight excluding hydrogens is 407 g/mol. The van der Waals surface area contributed by atoms with E-state index in [0.29, 0.717) is 17.9 Å². The minimum Gasteiger partial charge on any atom is -0.492 e. The zero-order chi connectivity index (χ0) is 21.8. The molecule has 1 atom stereocenters. The predicted octanol–water partition coefficient (Wildman–Crippen LogP) is 8.86. The Bertz CT molecular complexity index is 784. The van der Waals surface area contributed by atoms with Crippen LogP contribution in [0.5, 0.6) is 5.75 Å². The molecule has 0 spiro atoms. The fraction of sp³-hybridized carbons (Fsp3) is 0.643. The van der Waals surface area contributed by atoms with Crippen molar-refractivity contribution >= 4 is 17.2 Å². The molecule has 0 bridgehead atoms. The number of ether oxygens (including phenoxy) is 1. The summed E-state index contributed by atoms with van der Waals surface area (Å²) in [5.41, 5.74) is 1.78. The average Bonchev–Trinajstić information content (AvgIpc) is 2.83. The van der Waals surface area contributed by atoms with Gasteiger partial charge >= 0.3 is 0 Å². The molecule has 0 heterocycles. The summed E-state index contributed by atoms with van der Waals surface area (Å²) in [6.45, 7) is 6.36. The Morgan fingerprint density at radius 1 is 0.968 bits per heavy atom. The summed E-state index contributed by atoms with van der Waals surface area (Å²) in [4.78, 5) is 0. The molecule has 0 amide bonds. The van der Waals surface area contributed by atoms with E-state index in [1.165, 1.54) is 57.8 Å². The van der Waals surface area contributed by atoms with Crippen LogP contribution in [-0.4, -0.2) is 6.61 Å². The Hall–Kier alpha value is -1.28. The van der Waals surface area contributed by atoms with Gasteiger partial charge in [-0.1, -0.05) is 23.8 Å². The first-order valence-corrected chi connectivity index (χ1v) is 12.9. The summed E-state index contributed by atoms with van der Waals surface area (Å²) >= 11 is 6.21. The highest BCUT2D eigenvalue weighted by molar-refractivity contribution is 6.32. The predicted molar refractivity (Wildman–Crippen MR) is 129 cm³/mol. The lowest BCUT2D eigenvalue weighted by molar-refractivity contribution is 0.128. The Labute approximate surface area is 193 Å². The molecule has 0 radical (unpaired) electrons. The van der Waals surface area contributed by atoms with Crippen LogP contribution in [0.15, 0.2) is 30.9 Å². The number of rotatable bonds is 6. The molecule has 0 saturated heterocycles. The maximum Gasteiger partial charge on any atom is 0.153 e. The lowest BCUT2D eigenvalue weighted by Crippen LogP contribution is -2.28. The second-order valence-electron chi connectivity index (χ2n) is 10.0. The van der Waals surface area contributed by atoms with Gasteiger partial charge in [0, 0.05) is 5.56 Å². The average molecular weight is 445 g/mol. The fourth-order valence-electron chi connectivity index (χ4n) is 6.51. The van der Waals surface area contributed by atoms with Crippen molar-refractivity contribution in [3.8, 4) is 5.75 Å². The number of hydrogen-bond acceptors (Lipinski definition) is 1. The van der Waals surface area contributed by atoms with E-state index >= 15 is 0 Å². The highest BCUT2D eigenvalue weighted by atomic mass is 35.5. The Kier molecular flexibility index (Phi) is 7.80. The number of halogens is 2. The summed E-state index contributed by atoms with van der Waals surface area (Å²) in [7, 11) is 0. The first kappa shape index (κ1) is 22.9. The molecule has 2 saturated carbocycles. The first-order valence-electron chi connectivity index (χ1n) is 12.5. The molecule has 3 heteroatoms. The van der Waals surface area contributed by atoms with E-state index in [-0.39, 0.29) is 10.8 Å². The molecule has 0 aliphatic heterocycles. The van der Waals surface area contributed by atoms with Gasteiger partial charge in [-0.05, 0) is 125 Å². The lowest BCUT2D eigenvalue weighted by atomic mass is 9.66. The third-order valence-corrected chi connectivity index (χ3v) is 8.80. The molecule has 3 aliphatic rings. The minimum atomic E-state index is -0.330. The summed E-state index contributed by atoms with van der Waals surface area (Å²) in [6.07, 6.45) is 18.8. The van der Waals surface area contributed by atoms with Crippen molar-refractivity contribution < 1.29 is 9.13 Å². The van der Waals surface area contributed by atoms with Gasteiger partial charge in [-0.25, -0.2) is 4.39 Å². The monoisotopic (exact) mass is 444 g/mol. The number of hydrogen-bond donors (Lipinski definition) is 0. The Balaban J connectivity index is 1.30. The zero-order valence-corrected chi connectivity index (χ0v) is 19.8. The molecular formula is C28H38ClFO. The van der Waals surface area contributed by atoms with Gasteiger partial charge in [-0.2, -0.15) is 0 Å². The fourth-order valence-corrected chi connectivity index (χ4v) is 6.73. The molecule has 2 fully saturated rings. The van der Waals surface area contributed by atoms with Crippen LogP contribution in [0.4, 0.5) is 4.39 Å². The Morgan fingerprint density at radius 3 is 2.13 bits per heavy atom. The van der Waals surface area contributed by atoms with Crippen LogP contribution in [0, 0.1) is 35.4 Å². The standard InChI is InChI=1S/C28H38ClFO/c1-3-19-5-7-20(8-6-19)21-9-11-22(12-10-21)23-13-15-24(16-14-23)25-17-18-26(31-4-2)27(29)28(25)30/h3,15,17-23H,1,4-14,16H2,2H3. The van der Waals surface area contributed by atoms with E-state index < -0.39 is 0 Å². The molecule has 3 aliphatic carbocycles. The van der Waals surface area contributed by atoms with E-state index in [0.717, 1.165) is 48.0 Å². The van der Waals surface area contributed by atoms with Gasteiger partial charge in [0.1, 0.15) is 10.8 Å². The largest absolute Gasteiger partial charge is 0.492 e. The van der Waals surface area contributed by atoms with Crippen molar-refractivity contribution in [3.05, 3.63) is 47.3 Å². The highest BCUT2D eigenvalue weighted by Crippen LogP contribution is 2.46. The lowest BCUT2D eigenvalue weighted by Gasteiger charge is -2.40. The second-order valence-corrected chi connectivity index (χ2v) is 10.4. The van der Waals surface area contributed by atoms with Crippen LogP contribution < -0.4 is 4.74 Å². The third-order valence-electron chi connectivity index (χ3n) is 8.44. The van der Waals surface area contributed by atoms with Gasteiger partial charge in [-0.3, -0.25) is 0 Å². The molecule has 4 rings (SSSR count). The van der Waals surface area contributed by atoms with Crippen LogP contribution in [-0.2, 0) is 0 Å². The van der Waals surface area contributed by atoms with Gasteiger partial charge in [0.05, 0.1) is 6.61 Å². The zero-order valence-electron chi connectivity index (χ0n) is 19.1. The van der Waals surface area contributed by atoms with E-state index in [4.69, 9.17) is 16.3 Å². The van der Waals surface area contributed by atoms with E-state index in [2.05, 4.69) is 18.7 Å². The van der Waals surface area contributed by atoms with Crippen LogP contribution >= 0.6 is 11.6 Å². The van der Waals surface area contributed by atoms with Crippen LogP contribution in [0.1, 0.15) is 83.1 Å². The normalized spacial score (nSPS) is 31.7. The molecule has 1 aromatic rings. The Morgan fingerprint density at radius 2 is 1.58 bits per heavy atom. The molecule has 0 aromatic heterocycles.